The van der Waals surface area contributed by atoms with E-state index in [2.05, 4.69) is 20.2 Å². The number of halogens is 1. The first-order valence-corrected chi connectivity index (χ1v) is 9.35. The fraction of sp³-hybridized carbons (Fsp3) is 0.389. The van der Waals surface area contributed by atoms with Crippen LogP contribution in [-0.4, -0.2) is 42.8 Å². The molecule has 25 heavy (non-hydrogen) atoms. The van der Waals surface area contributed by atoms with Crippen molar-refractivity contribution in [1.29, 1.82) is 0 Å². The Labute approximate surface area is 149 Å². The van der Waals surface area contributed by atoms with Crippen LogP contribution in [0.5, 0.6) is 0 Å². The molecule has 3 aromatic rings. The molecule has 0 spiro atoms. The summed E-state index contributed by atoms with van der Waals surface area (Å²) < 4.78 is 18.6. The van der Waals surface area contributed by atoms with Crippen molar-refractivity contribution in [2.24, 2.45) is 0 Å². The zero-order chi connectivity index (χ0) is 17.1. The van der Waals surface area contributed by atoms with Crippen LogP contribution in [0.1, 0.15) is 10.4 Å². The van der Waals surface area contributed by atoms with Crippen molar-refractivity contribution >= 4 is 27.4 Å². The Morgan fingerprint density at radius 2 is 2.20 bits per heavy atom. The molecule has 0 atom stereocenters. The maximum absolute atomic E-state index is 13.2. The van der Waals surface area contributed by atoms with E-state index in [1.165, 1.54) is 22.6 Å². The number of H-pyrrole nitrogens is 1. The van der Waals surface area contributed by atoms with Gasteiger partial charge in [-0.1, -0.05) is 0 Å². The van der Waals surface area contributed by atoms with Gasteiger partial charge in [-0.15, -0.1) is 11.3 Å². The second-order valence-corrected chi connectivity index (χ2v) is 7.23. The molecule has 1 aliphatic heterocycles. The van der Waals surface area contributed by atoms with Gasteiger partial charge in [0.1, 0.15) is 5.82 Å². The van der Waals surface area contributed by atoms with E-state index in [4.69, 9.17) is 4.74 Å². The van der Waals surface area contributed by atoms with E-state index in [1.807, 2.05) is 18.5 Å². The largest absolute Gasteiger partial charge is 0.378 e. The van der Waals surface area contributed by atoms with E-state index in [-0.39, 0.29) is 5.82 Å². The van der Waals surface area contributed by atoms with Crippen LogP contribution in [0.2, 0.25) is 0 Å². The molecule has 2 N–H and O–H groups in total. The number of aromatic nitrogens is 2. The maximum Gasteiger partial charge on any atom is 0.185 e. The molecule has 1 saturated heterocycles. The summed E-state index contributed by atoms with van der Waals surface area (Å²) >= 11 is 1.74. The van der Waals surface area contributed by atoms with Crippen molar-refractivity contribution in [2.75, 3.05) is 37.7 Å². The van der Waals surface area contributed by atoms with Crippen molar-refractivity contribution in [3.63, 3.8) is 0 Å². The van der Waals surface area contributed by atoms with Crippen LogP contribution in [-0.2, 0) is 17.7 Å². The van der Waals surface area contributed by atoms with Gasteiger partial charge in [0.25, 0.3) is 0 Å². The normalized spacial score (nSPS) is 15.2. The highest BCUT2D eigenvalue weighted by atomic mass is 32.1. The summed E-state index contributed by atoms with van der Waals surface area (Å²) in [6, 6.07) is 4.89. The van der Waals surface area contributed by atoms with Gasteiger partial charge in [-0.2, -0.15) is 0 Å². The summed E-state index contributed by atoms with van der Waals surface area (Å²) in [6.45, 7) is 5.08. The molecule has 0 aliphatic carbocycles. The van der Waals surface area contributed by atoms with Gasteiger partial charge in [0.2, 0.25) is 0 Å². The number of rotatable bonds is 6. The first-order valence-electron chi connectivity index (χ1n) is 8.53. The molecular formula is C18H21FN4OS. The molecule has 1 aliphatic rings. The third kappa shape index (κ3) is 3.84. The minimum Gasteiger partial charge on any atom is -0.378 e. The molecule has 132 valence electrons. The topological polar surface area (TPSA) is 53.2 Å². The van der Waals surface area contributed by atoms with E-state index in [9.17, 15) is 4.39 Å². The smallest absolute Gasteiger partial charge is 0.185 e. The Morgan fingerprint density at radius 3 is 3.08 bits per heavy atom. The van der Waals surface area contributed by atoms with Gasteiger partial charge < -0.3 is 19.9 Å². The Morgan fingerprint density at radius 1 is 1.32 bits per heavy atom. The number of anilines is 1. The predicted octanol–water partition coefficient (Wildman–Crippen LogP) is 2.93. The van der Waals surface area contributed by atoms with Crippen LogP contribution in [0, 0.1) is 5.82 Å². The van der Waals surface area contributed by atoms with Gasteiger partial charge in [0.05, 0.1) is 13.2 Å². The highest BCUT2D eigenvalue weighted by Crippen LogP contribution is 2.23. The molecule has 4 rings (SSSR count). The molecule has 2 aromatic heterocycles. The molecule has 0 unspecified atom stereocenters. The molecule has 1 fully saturated rings. The van der Waals surface area contributed by atoms with Gasteiger partial charge in [0.15, 0.2) is 5.13 Å². The zero-order valence-corrected chi connectivity index (χ0v) is 14.7. The summed E-state index contributed by atoms with van der Waals surface area (Å²) in [7, 11) is 0. The van der Waals surface area contributed by atoms with E-state index in [0.29, 0.717) is 0 Å². The number of benzene rings is 1. The lowest BCUT2D eigenvalue weighted by atomic mass is 10.1. The molecule has 1 aromatic carbocycles. The van der Waals surface area contributed by atoms with Crippen LogP contribution < -0.4 is 10.2 Å². The number of aromatic amines is 1. The van der Waals surface area contributed by atoms with E-state index in [0.717, 1.165) is 61.8 Å². The number of fused-ring (bicyclic) bond motifs is 1. The molecule has 7 heteroatoms. The van der Waals surface area contributed by atoms with Crippen molar-refractivity contribution in [1.82, 2.24) is 15.3 Å². The van der Waals surface area contributed by atoms with Crippen molar-refractivity contribution < 1.29 is 9.13 Å². The number of nitrogens with zero attached hydrogens (tertiary/aromatic N) is 2. The minimum atomic E-state index is -0.208. The number of hydrogen-bond acceptors (Lipinski definition) is 5. The van der Waals surface area contributed by atoms with Crippen molar-refractivity contribution in [3.05, 3.63) is 46.9 Å². The molecule has 0 bridgehead atoms. The molecule has 3 heterocycles. The Bertz CT molecular complexity index is 841. The van der Waals surface area contributed by atoms with E-state index in [1.54, 1.807) is 11.3 Å². The highest BCUT2D eigenvalue weighted by molar-refractivity contribution is 7.15. The Hall–Kier alpha value is -1.96. The third-order valence-corrected chi connectivity index (χ3v) is 5.48. The summed E-state index contributed by atoms with van der Waals surface area (Å²) in [5.41, 5.74) is 2.06. The van der Waals surface area contributed by atoms with E-state index >= 15 is 0 Å². The zero-order valence-electron chi connectivity index (χ0n) is 13.9. The number of ether oxygens (including phenoxy) is 1. The summed E-state index contributed by atoms with van der Waals surface area (Å²) in [6.07, 6.45) is 4.83. The first-order chi connectivity index (χ1) is 12.3. The first kappa shape index (κ1) is 16.5. The quantitative estimate of drug-likeness (QED) is 0.664. The summed E-state index contributed by atoms with van der Waals surface area (Å²) in [5, 5.41) is 5.65. The van der Waals surface area contributed by atoms with Crippen LogP contribution >= 0.6 is 11.3 Å². The summed E-state index contributed by atoms with van der Waals surface area (Å²) in [5.74, 6) is -0.208. The second-order valence-electron chi connectivity index (χ2n) is 6.14. The fourth-order valence-corrected chi connectivity index (χ4v) is 4.01. The molecule has 5 nitrogen and oxygen atoms in total. The molecule has 0 amide bonds. The van der Waals surface area contributed by atoms with Gasteiger partial charge >= 0.3 is 0 Å². The van der Waals surface area contributed by atoms with Crippen LogP contribution in [0.15, 0.2) is 30.6 Å². The van der Waals surface area contributed by atoms with Crippen LogP contribution in [0.3, 0.4) is 0 Å². The van der Waals surface area contributed by atoms with Crippen molar-refractivity contribution in [2.45, 2.75) is 13.0 Å². The average Bonchev–Trinajstić information content (AvgIpc) is 3.26. The van der Waals surface area contributed by atoms with Gasteiger partial charge in [-0.05, 0) is 36.7 Å². The number of hydrogen-bond donors (Lipinski definition) is 2. The standard InChI is InChI=1S/C18H21FN4OS/c19-14-1-2-16-13(10-21-17(16)9-14)3-4-20-11-15-12-22-18(25-15)23-5-7-24-8-6-23/h1-2,9-10,12,20-21H,3-8,11H2. The SMILES string of the molecule is Fc1ccc2c(CCNCc3cnc(N4CCOCC4)s3)c[nH]c2c1. The van der Waals surface area contributed by atoms with Gasteiger partial charge in [-0.25, -0.2) is 9.37 Å². The minimum absolute atomic E-state index is 0.208. The van der Waals surface area contributed by atoms with E-state index < -0.39 is 0 Å². The number of thiazole rings is 1. The lowest BCUT2D eigenvalue weighted by Crippen LogP contribution is -2.36. The van der Waals surface area contributed by atoms with Crippen LogP contribution in [0.4, 0.5) is 9.52 Å². The van der Waals surface area contributed by atoms with Gasteiger partial charge in [0, 0.05) is 47.8 Å². The number of morpholine rings is 1. The van der Waals surface area contributed by atoms with Crippen LogP contribution in [0.25, 0.3) is 10.9 Å². The predicted molar refractivity (Wildman–Crippen MR) is 98.8 cm³/mol. The molecular weight excluding hydrogens is 339 g/mol. The fourth-order valence-electron chi connectivity index (χ4n) is 3.08. The van der Waals surface area contributed by atoms with Crippen molar-refractivity contribution in [3.8, 4) is 0 Å². The maximum atomic E-state index is 13.2. The molecule has 0 saturated carbocycles. The third-order valence-electron chi connectivity index (χ3n) is 4.42. The highest BCUT2D eigenvalue weighted by Gasteiger charge is 2.14. The second kappa shape index (κ2) is 7.51. The Balaban J connectivity index is 1.28. The van der Waals surface area contributed by atoms with Gasteiger partial charge in [-0.3, -0.25) is 0 Å². The lowest BCUT2D eigenvalue weighted by Gasteiger charge is -2.25. The molecule has 0 radical (unpaired) electrons. The number of nitrogens with one attached hydrogen (secondary N) is 2. The monoisotopic (exact) mass is 360 g/mol. The lowest BCUT2D eigenvalue weighted by molar-refractivity contribution is 0.122. The Kier molecular flexibility index (Phi) is 4.96. The summed E-state index contributed by atoms with van der Waals surface area (Å²) in [4.78, 5) is 11.2. The average molecular weight is 360 g/mol.